The van der Waals surface area contributed by atoms with Gasteiger partial charge >= 0.3 is 0 Å². The van der Waals surface area contributed by atoms with Crippen molar-refractivity contribution in [3.05, 3.63) is 0 Å². The number of nitrogens with zero attached hydrogens (tertiary/aromatic N) is 2. The maximum absolute atomic E-state index is 12.4. The second-order valence-electron chi connectivity index (χ2n) is 6.73. The molecule has 3 rings (SSSR count). The van der Waals surface area contributed by atoms with Crippen molar-refractivity contribution in [3.63, 3.8) is 0 Å². The van der Waals surface area contributed by atoms with Crippen LogP contribution in [-0.4, -0.2) is 54.0 Å². The highest BCUT2D eigenvalue weighted by Crippen LogP contribution is 2.38. The molecular formula is C15H27N3O. The van der Waals surface area contributed by atoms with Crippen LogP contribution in [0.25, 0.3) is 0 Å². The van der Waals surface area contributed by atoms with E-state index >= 15 is 0 Å². The third-order valence-electron chi connectivity index (χ3n) is 5.28. The Balaban J connectivity index is 1.50. The van der Waals surface area contributed by atoms with Gasteiger partial charge in [-0.2, -0.15) is 0 Å². The van der Waals surface area contributed by atoms with Gasteiger partial charge in [0, 0.05) is 31.1 Å². The molecule has 3 fully saturated rings. The number of carbonyl (C=O) groups is 1. The van der Waals surface area contributed by atoms with Gasteiger partial charge in [0.05, 0.1) is 0 Å². The smallest absolute Gasteiger partial charge is 0.225 e. The Morgan fingerprint density at radius 2 is 1.79 bits per heavy atom. The highest BCUT2D eigenvalue weighted by molar-refractivity contribution is 5.79. The van der Waals surface area contributed by atoms with Crippen LogP contribution in [0.2, 0.25) is 0 Å². The second-order valence-corrected chi connectivity index (χ2v) is 6.73. The van der Waals surface area contributed by atoms with E-state index in [1.807, 2.05) is 0 Å². The van der Waals surface area contributed by atoms with Gasteiger partial charge in [-0.3, -0.25) is 9.69 Å². The van der Waals surface area contributed by atoms with Gasteiger partial charge < -0.3 is 10.6 Å². The van der Waals surface area contributed by atoms with E-state index in [1.54, 1.807) is 0 Å². The fourth-order valence-corrected chi connectivity index (χ4v) is 3.61. The first-order valence-corrected chi connectivity index (χ1v) is 7.93. The van der Waals surface area contributed by atoms with Crippen LogP contribution in [0.5, 0.6) is 0 Å². The molecule has 0 aromatic carbocycles. The highest BCUT2D eigenvalue weighted by Gasteiger charge is 2.38. The Labute approximate surface area is 116 Å². The van der Waals surface area contributed by atoms with Gasteiger partial charge in [-0.1, -0.05) is 6.92 Å². The lowest BCUT2D eigenvalue weighted by molar-refractivity contribution is -0.134. The minimum Gasteiger partial charge on any atom is -0.341 e. The van der Waals surface area contributed by atoms with Gasteiger partial charge in [-0.05, 0) is 51.1 Å². The standard InChI is InChI=1S/C15H27N3O/c1-11(12-2-3-12)15(19)18-9-6-14(10-18)17-7-4-13(16)5-8-17/h11-14H,2-10,16H2,1H3. The van der Waals surface area contributed by atoms with E-state index in [9.17, 15) is 4.79 Å². The van der Waals surface area contributed by atoms with Crippen LogP contribution in [-0.2, 0) is 4.79 Å². The van der Waals surface area contributed by atoms with E-state index in [0.717, 1.165) is 45.4 Å². The van der Waals surface area contributed by atoms with E-state index in [-0.39, 0.29) is 5.92 Å². The summed E-state index contributed by atoms with van der Waals surface area (Å²) in [4.78, 5) is 17.1. The van der Waals surface area contributed by atoms with Crippen molar-refractivity contribution in [2.24, 2.45) is 17.6 Å². The number of rotatable bonds is 3. The number of hydrogen-bond donors (Lipinski definition) is 1. The third kappa shape index (κ3) is 2.95. The van der Waals surface area contributed by atoms with Crippen LogP contribution in [0.1, 0.15) is 39.0 Å². The predicted molar refractivity (Wildman–Crippen MR) is 75.7 cm³/mol. The molecule has 0 spiro atoms. The molecule has 2 unspecified atom stereocenters. The molecule has 4 heteroatoms. The van der Waals surface area contributed by atoms with E-state index in [0.29, 0.717) is 23.9 Å². The molecule has 0 radical (unpaired) electrons. The fourth-order valence-electron chi connectivity index (χ4n) is 3.61. The molecule has 19 heavy (non-hydrogen) atoms. The lowest BCUT2D eigenvalue weighted by atomic mass is 10.0. The van der Waals surface area contributed by atoms with Crippen LogP contribution in [0.15, 0.2) is 0 Å². The monoisotopic (exact) mass is 265 g/mol. The first kappa shape index (κ1) is 13.4. The fraction of sp³-hybridized carbons (Fsp3) is 0.933. The molecule has 2 atom stereocenters. The molecule has 108 valence electrons. The lowest BCUT2D eigenvalue weighted by Crippen LogP contribution is -2.46. The Morgan fingerprint density at radius 1 is 1.11 bits per heavy atom. The van der Waals surface area contributed by atoms with Gasteiger partial charge in [0.15, 0.2) is 0 Å². The quantitative estimate of drug-likeness (QED) is 0.830. The molecule has 3 aliphatic rings. The lowest BCUT2D eigenvalue weighted by Gasteiger charge is -2.34. The van der Waals surface area contributed by atoms with Gasteiger partial charge in [-0.15, -0.1) is 0 Å². The van der Waals surface area contributed by atoms with Crippen molar-refractivity contribution in [1.82, 2.24) is 9.80 Å². The molecule has 0 bridgehead atoms. The number of nitrogens with two attached hydrogens (primary N) is 1. The van der Waals surface area contributed by atoms with E-state index < -0.39 is 0 Å². The summed E-state index contributed by atoms with van der Waals surface area (Å²) in [6, 6.07) is 0.980. The molecule has 1 saturated carbocycles. The van der Waals surface area contributed by atoms with Gasteiger partial charge in [0.25, 0.3) is 0 Å². The van der Waals surface area contributed by atoms with Crippen LogP contribution in [0.4, 0.5) is 0 Å². The molecule has 2 heterocycles. The molecule has 2 N–H and O–H groups in total. The third-order valence-corrected chi connectivity index (χ3v) is 5.28. The summed E-state index contributed by atoms with van der Waals surface area (Å²) in [5.74, 6) is 1.34. The summed E-state index contributed by atoms with van der Waals surface area (Å²) in [5.41, 5.74) is 5.96. The highest BCUT2D eigenvalue weighted by atomic mass is 16.2. The maximum Gasteiger partial charge on any atom is 0.225 e. The molecule has 2 aliphatic heterocycles. The zero-order valence-electron chi connectivity index (χ0n) is 12.1. The number of amides is 1. The summed E-state index contributed by atoms with van der Waals surface area (Å²) in [5, 5.41) is 0. The van der Waals surface area contributed by atoms with Crippen molar-refractivity contribution < 1.29 is 4.79 Å². The summed E-state index contributed by atoms with van der Waals surface area (Å²) in [6.45, 7) is 6.26. The van der Waals surface area contributed by atoms with Crippen LogP contribution >= 0.6 is 0 Å². The molecule has 4 nitrogen and oxygen atoms in total. The Kier molecular flexibility index (Phi) is 3.81. The SMILES string of the molecule is CC(C(=O)N1CCC(N2CCC(N)CC2)C1)C1CC1. The summed E-state index contributed by atoms with van der Waals surface area (Å²) in [7, 11) is 0. The normalized spacial score (nSPS) is 31.7. The summed E-state index contributed by atoms with van der Waals surface area (Å²) in [6.07, 6.45) is 5.90. The van der Waals surface area contributed by atoms with E-state index in [2.05, 4.69) is 16.7 Å². The zero-order chi connectivity index (χ0) is 13.4. The van der Waals surface area contributed by atoms with Crippen molar-refractivity contribution in [2.45, 2.75) is 51.1 Å². The molecule has 1 amide bonds. The maximum atomic E-state index is 12.4. The Bertz CT molecular complexity index is 334. The molecule has 0 aromatic heterocycles. The Hall–Kier alpha value is -0.610. The van der Waals surface area contributed by atoms with Gasteiger partial charge in [-0.25, -0.2) is 0 Å². The zero-order valence-corrected chi connectivity index (χ0v) is 12.1. The minimum atomic E-state index is 0.258. The molecule has 2 saturated heterocycles. The van der Waals surface area contributed by atoms with Crippen LogP contribution in [0, 0.1) is 11.8 Å². The van der Waals surface area contributed by atoms with Crippen molar-refractivity contribution >= 4 is 5.91 Å². The second kappa shape index (κ2) is 5.41. The predicted octanol–water partition coefficient (Wildman–Crippen LogP) is 1.06. The van der Waals surface area contributed by atoms with Crippen molar-refractivity contribution in [3.8, 4) is 0 Å². The van der Waals surface area contributed by atoms with Gasteiger partial charge in [0.2, 0.25) is 5.91 Å². The topological polar surface area (TPSA) is 49.6 Å². The Morgan fingerprint density at radius 3 is 2.42 bits per heavy atom. The van der Waals surface area contributed by atoms with Crippen LogP contribution in [0.3, 0.4) is 0 Å². The van der Waals surface area contributed by atoms with E-state index in [4.69, 9.17) is 5.73 Å². The largest absolute Gasteiger partial charge is 0.341 e. The number of piperidine rings is 1. The molecule has 1 aliphatic carbocycles. The number of hydrogen-bond acceptors (Lipinski definition) is 3. The molecular weight excluding hydrogens is 238 g/mol. The average molecular weight is 265 g/mol. The minimum absolute atomic E-state index is 0.258. The summed E-state index contributed by atoms with van der Waals surface area (Å²) < 4.78 is 0. The van der Waals surface area contributed by atoms with Crippen molar-refractivity contribution in [2.75, 3.05) is 26.2 Å². The molecule has 0 aromatic rings. The number of likely N-dealkylation sites (tertiary alicyclic amines) is 2. The first-order valence-electron chi connectivity index (χ1n) is 7.93. The van der Waals surface area contributed by atoms with Gasteiger partial charge in [0.1, 0.15) is 0 Å². The summed E-state index contributed by atoms with van der Waals surface area (Å²) >= 11 is 0. The van der Waals surface area contributed by atoms with Crippen LogP contribution < -0.4 is 5.73 Å². The van der Waals surface area contributed by atoms with E-state index in [1.165, 1.54) is 12.8 Å². The first-order chi connectivity index (χ1) is 9.15. The van der Waals surface area contributed by atoms with Crippen molar-refractivity contribution in [1.29, 1.82) is 0 Å². The average Bonchev–Trinajstić information content (AvgIpc) is 3.16. The number of carbonyl (C=O) groups excluding carboxylic acids is 1.